The van der Waals surface area contributed by atoms with E-state index in [0.29, 0.717) is 22.2 Å². The van der Waals surface area contributed by atoms with Gasteiger partial charge in [-0.05, 0) is 24.1 Å². The van der Waals surface area contributed by atoms with Crippen molar-refractivity contribution in [3.05, 3.63) is 65.1 Å². The van der Waals surface area contributed by atoms with E-state index >= 15 is 0 Å². The molecule has 1 aromatic heterocycles. The lowest BCUT2D eigenvalue weighted by Gasteiger charge is -2.21. The van der Waals surface area contributed by atoms with Gasteiger partial charge in [-0.15, -0.1) is 0 Å². The summed E-state index contributed by atoms with van der Waals surface area (Å²) in [5, 5.41) is 8.39. The minimum Gasteiger partial charge on any atom is -0.351 e. The zero-order valence-electron chi connectivity index (χ0n) is 16.8. The molecule has 4 rings (SSSR count). The number of rotatable bonds is 5. The van der Waals surface area contributed by atoms with Crippen molar-refractivity contribution in [1.82, 2.24) is 9.58 Å². The van der Waals surface area contributed by atoms with Crippen molar-refractivity contribution < 1.29 is 18.8 Å². The second-order valence-electron chi connectivity index (χ2n) is 7.27. The summed E-state index contributed by atoms with van der Waals surface area (Å²) in [6.45, 7) is 0. The van der Waals surface area contributed by atoms with Crippen molar-refractivity contribution in [3.63, 3.8) is 0 Å². The fourth-order valence-corrected chi connectivity index (χ4v) is 3.87. The number of benzene rings is 2. The highest BCUT2D eigenvalue weighted by Gasteiger charge is 2.33. The van der Waals surface area contributed by atoms with Crippen LogP contribution in [0.3, 0.4) is 0 Å². The van der Waals surface area contributed by atoms with Crippen molar-refractivity contribution in [2.24, 2.45) is 10.8 Å². The number of urea groups is 1. The third kappa shape index (κ3) is 4.06. The molecule has 0 saturated carbocycles. The molecule has 0 bridgehead atoms. The van der Waals surface area contributed by atoms with Crippen LogP contribution >= 0.6 is 11.6 Å². The molecule has 1 aliphatic heterocycles. The number of Topliss-reactive ketones (excluding diaryl/α,β-unsaturated/α-hetero) is 1. The summed E-state index contributed by atoms with van der Waals surface area (Å²) >= 11 is 5.79. The van der Waals surface area contributed by atoms with Crippen LogP contribution in [-0.4, -0.2) is 39.7 Å². The van der Waals surface area contributed by atoms with Gasteiger partial charge < -0.3 is 11.1 Å². The quantitative estimate of drug-likeness (QED) is 0.602. The van der Waals surface area contributed by atoms with Crippen LogP contribution in [0.4, 0.5) is 19.7 Å². The molecule has 0 unspecified atom stereocenters. The van der Waals surface area contributed by atoms with E-state index in [9.17, 15) is 18.8 Å². The molecule has 0 aliphatic carbocycles. The Morgan fingerprint density at radius 1 is 1.19 bits per heavy atom. The first-order valence-electron chi connectivity index (χ1n) is 9.85. The Morgan fingerprint density at radius 3 is 2.75 bits per heavy atom. The standard InChI is InChI=1S/C22H19ClFN5O3/c23-15-6-3-4-13(20(15)24)8-9-19(30)18-10-11-26-29(18)22(32)27-16-12-28(21(25)31)17-7-2-1-5-14(16)17/h1-7,11-12,18H,8-10H2,(H2,25,31)(H,27,32)/t18-/m1/s1. The van der Waals surface area contributed by atoms with Gasteiger partial charge in [0, 0.05) is 30.6 Å². The molecule has 3 N–H and O–H groups in total. The van der Waals surface area contributed by atoms with Crippen LogP contribution in [-0.2, 0) is 11.2 Å². The highest BCUT2D eigenvalue weighted by Crippen LogP contribution is 2.27. The van der Waals surface area contributed by atoms with Gasteiger partial charge in [-0.2, -0.15) is 5.10 Å². The van der Waals surface area contributed by atoms with Crippen LogP contribution in [0.2, 0.25) is 5.02 Å². The number of aryl methyl sites for hydroxylation is 1. The number of hydrogen-bond donors (Lipinski definition) is 2. The molecular weight excluding hydrogens is 437 g/mol. The van der Waals surface area contributed by atoms with Gasteiger partial charge in [-0.25, -0.2) is 19.0 Å². The third-order valence-electron chi connectivity index (χ3n) is 5.27. The molecule has 3 aromatic rings. The number of anilines is 1. The normalized spacial score (nSPS) is 15.3. The Morgan fingerprint density at radius 2 is 1.97 bits per heavy atom. The SMILES string of the molecule is NC(=O)n1cc(NC(=O)N2N=CC[C@@H]2C(=O)CCc2cccc(Cl)c2F)c2ccccc21. The van der Waals surface area contributed by atoms with Crippen molar-refractivity contribution in [2.75, 3.05) is 5.32 Å². The van der Waals surface area contributed by atoms with E-state index in [1.54, 1.807) is 36.4 Å². The van der Waals surface area contributed by atoms with E-state index in [1.807, 2.05) is 0 Å². The number of hydrogen-bond acceptors (Lipinski definition) is 4. The summed E-state index contributed by atoms with van der Waals surface area (Å²) in [6, 6.07) is 9.44. The first-order valence-corrected chi connectivity index (χ1v) is 10.2. The average Bonchev–Trinajstić information content (AvgIpc) is 3.40. The van der Waals surface area contributed by atoms with Gasteiger partial charge in [0.25, 0.3) is 0 Å². The largest absolute Gasteiger partial charge is 0.351 e. The molecule has 10 heteroatoms. The van der Waals surface area contributed by atoms with E-state index in [-0.39, 0.29) is 30.1 Å². The van der Waals surface area contributed by atoms with Gasteiger partial charge in [0.1, 0.15) is 11.9 Å². The summed E-state index contributed by atoms with van der Waals surface area (Å²) in [7, 11) is 0. The third-order valence-corrected chi connectivity index (χ3v) is 5.56. The van der Waals surface area contributed by atoms with E-state index in [0.717, 1.165) is 5.01 Å². The number of aromatic nitrogens is 1. The number of fused-ring (bicyclic) bond motifs is 1. The molecule has 1 aliphatic rings. The number of hydrazone groups is 1. The smallest absolute Gasteiger partial charge is 0.343 e. The Hall–Kier alpha value is -3.72. The van der Waals surface area contributed by atoms with E-state index in [4.69, 9.17) is 17.3 Å². The number of para-hydroxylation sites is 1. The van der Waals surface area contributed by atoms with Gasteiger partial charge in [-0.3, -0.25) is 9.36 Å². The zero-order chi connectivity index (χ0) is 22.8. The molecule has 8 nitrogen and oxygen atoms in total. The van der Waals surface area contributed by atoms with Crippen molar-refractivity contribution in [2.45, 2.75) is 25.3 Å². The van der Waals surface area contributed by atoms with E-state index in [2.05, 4.69) is 10.4 Å². The number of primary amides is 1. The number of nitrogens with two attached hydrogens (primary N) is 1. The minimum absolute atomic E-state index is 0.00437. The van der Waals surface area contributed by atoms with Gasteiger partial charge in [0.15, 0.2) is 5.78 Å². The lowest BCUT2D eigenvalue weighted by atomic mass is 10.0. The Balaban J connectivity index is 1.47. The van der Waals surface area contributed by atoms with Crippen molar-refractivity contribution >= 4 is 52.3 Å². The maximum absolute atomic E-state index is 14.1. The fraction of sp³-hybridized carbons (Fsp3) is 0.182. The molecule has 164 valence electrons. The summed E-state index contributed by atoms with van der Waals surface area (Å²) in [5.74, 6) is -0.804. The van der Waals surface area contributed by atoms with E-state index < -0.39 is 23.9 Å². The fourth-order valence-electron chi connectivity index (χ4n) is 3.68. The predicted molar refractivity (Wildman–Crippen MR) is 119 cm³/mol. The zero-order valence-corrected chi connectivity index (χ0v) is 17.6. The summed E-state index contributed by atoms with van der Waals surface area (Å²) in [5.41, 5.74) is 6.64. The second kappa shape index (κ2) is 8.80. The topological polar surface area (TPSA) is 110 Å². The Labute approximate surface area is 187 Å². The summed E-state index contributed by atoms with van der Waals surface area (Å²) < 4.78 is 15.3. The molecule has 0 saturated heterocycles. The maximum Gasteiger partial charge on any atom is 0.343 e. The number of halogens is 2. The number of carbonyl (C=O) groups excluding carboxylic acids is 3. The second-order valence-corrected chi connectivity index (χ2v) is 7.68. The first kappa shape index (κ1) is 21.5. The minimum atomic E-state index is -0.804. The van der Waals surface area contributed by atoms with Gasteiger partial charge in [0.2, 0.25) is 0 Å². The first-order chi connectivity index (χ1) is 15.4. The molecule has 3 amide bonds. The van der Waals surface area contributed by atoms with Crippen LogP contribution in [0.15, 0.2) is 53.8 Å². The maximum atomic E-state index is 14.1. The summed E-state index contributed by atoms with van der Waals surface area (Å²) in [6.07, 6.45) is 3.34. The Bertz CT molecular complexity index is 1260. The van der Waals surface area contributed by atoms with Crippen LogP contribution in [0.1, 0.15) is 18.4 Å². The van der Waals surface area contributed by atoms with E-state index in [1.165, 1.54) is 23.0 Å². The molecule has 0 radical (unpaired) electrons. The molecule has 2 heterocycles. The highest BCUT2D eigenvalue weighted by atomic mass is 35.5. The molecular formula is C22H19ClFN5O3. The molecule has 2 aromatic carbocycles. The lowest BCUT2D eigenvalue weighted by Crippen LogP contribution is -2.41. The van der Waals surface area contributed by atoms with Crippen LogP contribution < -0.4 is 11.1 Å². The molecule has 0 fully saturated rings. The van der Waals surface area contributed by atoms with Gasteiger partial charge in [0.05, 0.1) is 16.2 Å². The monoisotopic (exact) mass is 455 g/mol. The molecule has 0 spiro atoms. The van der Waals surface area contributed by atoms with Gasteiger partial charge in [-0.1, -0.05) is 41.9 Å². The van der Waals surface area contributed by atoms with Crippen LogP contribution in [0.5, 0.6) is 0 Å². The van der Waals surface area contributed by atoms with Crippen LogP contribution in [0.25, 0.3) is 10.9 Å². The van der Waals surface area contributed by atoms with Crippen molar-refractivity contribution in [3.8, 4) is 0 Å². The highest BCUT2D eigenvalue weighted by molar-refractivity contribution is 6.30. The Kier molecular flexibility index (Phi) is 5.91. The lowest BCUT2D eigenvalue weighted by molar-refractivity contribution is -0.122. The number of nitrogens with zero attached hydrogens (tertiary/aromatic N) is 3. The summed E-state index contributed by atoms with van der Waals surface area (Å²) in [4.78, 5) is 37.3. The predicted octanol–water partition coefficient (Wildman–Crippen LogP) is 4.15. The molecule has 1 atom stereocenters. The molecule has 32 heavy (non-hydrogen) atoms. The van der Waals surface area contributed by atoms with Gasteiger partial charge >= 0.3 is 12.1 Å². The van der Waals surface area contributed by atoms with Crippen molar-refractivity contribution in [1.29, 1.82) is 0 Å². The average molecular weight is 456 g/mol. The number of ketones is 1. The number of carbonyl (C=O) groups is 3. The number of nitrogens with one attached hydrogen (secondary N) is 1. The number of amides is 3. The van der Waals surface area contributed by atoms with Crippen LogP contribution in [0, 0.1) is 5.82 Å².